The minimum Gasteiger partial charge on any atom is -0.399 e. The number of nitrogens with zero attached hydrogens (tertiary/aromatic N) is 8. The van der Waals surface area contributed by atoms with Gasteiger partial charge in [-0.05, 0) is 110 Å². The molecule has 0 unspecified atom stereocenters. The van der Waals surface area contributed by atoms with E-state index in [-0.39, 0.29) is 0 Å². The van der Waals surface area contributed by atoms with Crippen LogP contribution in [0.1, 0.15) is 27.7 Å². The average Bonchev–Trinajstić information content (AvgIpc) is 3.71. The first-order valence-electron chi connectivity index (χ1n) is 27.5. The van der Waals surface area contributed by atoms with Crippen LogP contribution in [0.5, 0.6) is 0 Å². The summed E-state index contributed by atoms with van der Waals surface area (Å²) < 4.78 is 19.1. The summed E-state index contributed by atoms with van der Waals surface area (Å²) in [6.07, 6.45) is 2.06. The Bertz CT molecular complexity index is 4520. The number of rotatable bonds is 11. The molecule has 0 saturated carbocycles. The maximum absolute atomic E-state index is 6.47. The third-order valence-corrected chi connectivity index (χ3v) is 17.0. The number of para-hydroxylation sites is 1. The fraction of sp³-hybridized carbons (Fsp3) is 0.0857. The number of hydrogen-bond donors (Lipinski definition) is 0. The van der Waals surface area contributed by atoms with Crippen LogP contribution in [0.2, 0.25) is 0 Å². The fourth-order valence-electron chi connectivity index (χ4n) is 10.7. The van der Waals surface area contributed by atoms with E-state index in [1.54, 1.807) is 0 Å². The second kappa shape index (κ2) is 21.1. The summed E-state index contributed by atoms with van der Waals surface area (Å²) in [5, 5.41) is 4.98. The predicted octanol–water partition coefficient (Wildman–Crippen LogP) is 17.1. The van der Waals surface area contributed by atoms with E-state index >= 15 is 0 Å². The summed E-state index contributed by atoms with van der Waals surface area (Å²) in [7, 11) is -0.488. The lowest BCUT2D eigenvalue weighted by molar-refractivity contribution is 0.00578. The van der Waals surface area contributed by atoms with Gasteiger partial charge in [0.15, 0.2) is 28.9 Å². The first-order chi connectivity index (χ1) is 40.4. The van der Waals surface area contributed by atoms with E-state index in [0.29, 0.717) is 23.3 Å². The molecule has 0 radical (unpaired) electrons. The van der Waals surface area contributed by atoms with Crippen LogP contribution in [0.25, 0.3) is 124 Å². The van der Waals surface area contributed by atoms with Crippen molar-refractivity contribution in [2.75, 3.05) is 0 Å². The Kier molecular flexibility index (Phi) is 13.2. The number of fused-ring (bicyclic) bond motifs is 2. The SMILES string of the molecule is CC1(C)OB(c2ccc(-c3nc4c(-c5ccc(-c6nc(-c7ccccc7)nc(-c7ccc(Br)cc7)n6)cc5)cccc4n3-c3ccc(-c4ccc(-c5cc(-c6ccccc6)cn6nc(-c7ccc(Br)cc7)nc56)cc4)cc3)cc2)OC1(C)C. The minimum atomic E-state index is -0.488. The van der Waals surface area contributed by atoms with Crippen molar-refractivity contribution in [2.45, 2.75) is 38.9 Å². The molecule has 1 saturated heterocycles. The van der Waals surface area contributed by atoms with Gasteiger partial charge >= 0.3 is 7.12 Å². The molecular formula is C70H51BBr2N8O2. The molecule has 5 heterocycles. The second-order valence-electron chi connectivity index (χ2n) is 21.8. The van der Waals surface area contributed by atoms with Gasteiger partial charge in [-0.1, -0.05) is 214 Å². The van der Waals surface area contributed by atoms with E-state index in [1.165, 1.54) is 0 Å². The van der Waals surface area contributed by atoms with Gasteiger partial charge in [0.2, 0.25) is 0 Å². The van der Waals surface area contributed by atoms with E-state index in [9.17, 15) is 0 Å². The lowest BCUT2D eigenvalue weighted by Gasteiger charge is -2.32. The van der Waals surface area contributed by atoms with Crippen LogP contribution in [0.4, 0.5) is 0 Å². The summed E-state index contributed by atoms with van der Waals surface area (Å²) in [4.78, 5) is 25.6. The zero-order valence-electron chi connectivity index (χ0n) is 45.7. The topological polar surface area (TPSA) is 105 Å². The van der Waals surface area contributed by atoms with Crippen LogP contribution >= 0.6 is 31.9 Å². The largest absolute Gasteiger partial charge is 0.494 e. The number of pyridine rings is 1. The number of halogens is 2. The van der Waals surface area contributed by atoms with Gasteiger partial charge in [0.25, 0.3) is 0 Å². The Morgan fingerprint density at radius 1 is 0.386 bits per heavy atom. The Hall–Kier alpha value is -8.98. The molecule has 1 aliphatic heterocycles. The van der Waals surface area contributed by atoms with Crippen molar-refractivity contribution >= 4 is 61.1 Å². The molecule has 1 aliphatic rings. The molecule has 14 rings (SSSR count). The summed E-state index contributed by atoms with van der Waals surface area (Å²) in [6, 6.07) is 79.5. The molecule has 1 fully saturated rings. The summed E-state index contributed by atoms with van der Waals surface area (Å²) in [5.41, 5.74) is 16.6. The Balaban J connectivity index is 0.823. The second-order valence-corrected chi connectivity index (χ2v) is 23.6. The van der Waals surface area contributed by atoms with Crippen LogP contribution < -0.4 is 5.46 Å². The molecule has 83 heavy (non-hydrogen) atoms. The molecule has 0 spiro atoms. The van der Waals surface area contributed by atoms with Crippen molar-refractivity contribution in [3.8, 4) is 107 Å². The molecule has 0 aliphatic carbocycles. The highest BCUT2D eigenvalue weighted by atomic mass is 79.9. The van der Waals surface area contributed by atoms with Crippen molar-refractivity contribution < 1.29 is 9.31 Å². The maximum atomic E-state index is 6.47. The summed E-state index contributed by atoms with van der Waals surface area (Å²) in [5.74, 6) is 3.27. The standard InChI is InChI=1S/C70H51BBr2N8O2/c1-69(2)70(3,4)83-71(82-69)55-34-26-53(27-35-55)67-74-62-59(47-22-24-50(25-23-47)64-75-63(49-14-9-6-10-15-49)76-65(77-64)51-28-36-56(72)37-29-51)16-11-17-61(62)81(67)58-40-32-46(33-41-58)45-18-20-48(21-19-45)60-42-54(44-12-7-5-8-13-44)43-80-68(60)78-66(79-80)52-30-38-57(73)39-31-52/h5-43H,1-4H3. The molecule has 0 atom stereocenters. The fourth-order valence-corrected chi connectivity index (χ4v) is 11.2. The predicted molar refractivity (Wildman–Crippen MR) is 341 cm³/mol. The first-order valence-corrected chi connectivity index (χ1v) is 29.1. The zero-order chi connectivity index (χ0) is 56.4. The molecule has 13 heteroatoms. The lowest BCUT2D eigenvalue weighted by atomic mass is 9.79. The lowest BCUT2D eigenvalue weighted by Crippen LogP contribution is -2.41. The molecule has 0 amide bonds. The number of benzene rings is 9. The van der Waals surface area contributed by atoms with Gasteiger partial charge in [0.1, 0.15) is 5.82 Å². The van der Waals surface area contributed by atoms with Gasteiger partial charge in [-0.25, -0.2) is 29.4 Å². The Morgan fingerprint density at radius 3 is 1.40 bits per heavy atom. The molecule has 13 aromatic rings. The van der Waals surface area contributed by atoms with Crippen molar-refractivity contribution in [1.82, 2.24) is 39.1 Å². The van der Waals surface area contributed by atoms with Crippen molar-refractivity contribution in [1.29, 1.82) is 0 Å². The number of hydrogen-bond acceptors (Lipinski definition) is 8. The molecule has 400 valence electrons. The van der Waals surface area contributed by atoms with E-state index in [4.69, 9.17) is 39.3 Å². The highest BCUT2D eigenvalue weighted by molar-refractivity contribution is 9.10. The molecule has 10 nitrogen and oxygen atoms in total. The third kappa shape index (κ3) is 9.99. The van der Waals surface area contributed by atoms with Gasteiger partial charge in [-0.15, -0.1) is 5.10 Å². The minimum absolute atomic E-state index is 0.461. The molecule has 0 bridgehead atoms. The number of imidazole rings is 1. The zero-order valence-corrected chi connectivity index (χ0v) is 48.9. The monoisotopic (exact) mass is 1200 g/mol. The molecule has 4 aromatic heterocycles. The van der Waals surface area contributed by atoms with Crippen LogP contribution in [0.15, 0.2) is 246 Å². The summed E-state index contributed by atoms with van der Waals surface area (Å²) >= 11 is 7.14. The van der Waals surface area contributed by atoms with Crippen LogP contribution in [0, 0.1) is 0 Å². The normalized spacial score (nSPS) is 13.7. The highest BCUT2D eigenvalue weighted by Crippen LogP contribution is 2.40. The van der Waals surface area contributed by atoms with E-state index < -0.39 is 18.3 Å². The van der Waals surface area contributed by atoms with Crippen LogP contribution in [-0.2, 0) is 9.31 Å². The van der Waals surface area contributed by atoms with Gasteiger partial charge in [-0.3, -0.25) is 4.57 Å². The average molecular weight is 1210 g/mol. The maximum Gasteiger partial charge on any atom is 0.494 e. The molecule has 9 aromatic carbocycles. The van der Waals surface area contributed by atoms with Crippen LogP contribution in [-0.4, -0.2) is 57.4 Å². The van der Waals surface area contributed by atoms with Gasteiger partial charge in [0.05, 0.1) is 22.2 Å². The van der Waals surface area contributed by atoms with E-state index in [2.05, 4.69) is 216 Å². The molecule has 0 N–H and O–H groups in total. The smallest absolute Gasteiger partial charge is 0.399 e. The van der Waals surface area contributed by atoms with Crippen LogP contribution in [0.3, 0.4) is 0 Å². The third-order valence-electron chi connectivity index (χ3n) is 15.9. The van der Waals surface area contributed by atoms with E-state index in [0.717, 1.165) is 115 Å². The first kappa shape index (κ1) is 52.1. The Labute approximate surface area is 498 Å². The summed E-state index contributed by atoms with van der Waals surface area (Å²) in [6.45, 7) is 8.31. The quantitative estimate of drug-likeness (QED) is 0.118. The highest BCUT2D eigenvalue weighted by Gasteiger charge is 2.51. The molecular weight excluding hydrogens is 1160 g/mol. The van der Waals surface area contributed by atoms with Crippen molar-refractivity contribution in [3.05, 3.63) is 246 Å². The van der Waals surface area contributed by atoms with Gasteiger partial charge in [-0.2, -0.15) is 0 Å². The number of aromatic nitrogens is 8. The van der Waals surface area contributed by atoms with Gasteiger partial charge in [0, 0.05) is 65.3 Å². The Morgan fingerprint density at radius 2 is 0.831 bits per heavy atom. The van der Waals surface area contributed by atoms with E-state index in [1.807, 2.05) is 89.4 Å². The van der Waals surface area contributed by atoms with Gasteiger partial charge < -0.3 is 9.31 Å². The van der Waals surface area contributed by atoms with Crippen molar-refractivity contribution in [2.24, 2.45) is 0 Å². The van der Waals surface area contributed by atoms with Crippen molar-refractivity contribution in [3.63, 3.8) is 0 Å².